The molecule has 2 aliphatic heterocycles. The second-order valence-corrected chi connectivity index (χ2v) is 9.15. The normalized spacial score (nSPS) is 19.4. The number of piperidine rings is 1. The van der Waals surface area contributed by atoms with Crippen LogP contribution in [0.25, 0.3) is 0 Å². The highest BCUT2D eigenvalue weighted by Crippen LogP contribution is 2.12. The molecule has 0 aliphatic carbocycles. The summed E-state index contributed by atoms with van der Waals surface area (Å²) in [7, 11) is 4.20. The minimum absolute atomic E-state index is 0.448. The van der Waals surface area contributed by atoms with E-state index in [1.807, 2.05) is 0 Å². The van der Waals surface area contributed by atoms with Gasteiger partial charge >= 0.3 is 0 Å². The number of hydrogen-bond donors (Lipinski definition) is 0. The molecule has 26 heavy (non-hydrogen) atoms. The van der Waals surface area contributed by atoms with Gasteiger partial charge in [0, 0.05) is 19.6 Å². The SMILES string of the molecule is CCCN1CCCCC1.CCCN1CCOCC1.CN(C)CC(C)(C)C. The van der Waals surface area contributed by atoms with Crippen molar-refractivity contribution in [1.82, 2.24) is 14.7 Å². The molecular formula is C22H49N3O. The molecule has 2 rings (SSSR count). The Labute approximate surface area is 165 Å². The second kappa shape index (κ2) is 15.9. The van der Waals surface area contributed by atoms with E-state index in [4.69, 9.17) is 4.74 Å². The average Bonchev–Trinajstić information content (AvgIpc) is 2.56. The highest BCUT2D eigenvalue weighted by molar-refractivity contribution is 4.64. The third kappa shape index (κ3) is 17.3. The van der Waals surface area contributed by atoms with Crippen LogP contribution in [-0.4, -0.2) is 87.8 Å². The van der Waals surface area contributed by atoms with E-state index in [2.05, 4.69) is 63.4 Å². The first-order chi connectivity index (χ1) is 12.3. The first kappa shape index (κ1) is 25.8. The molecule has 0 bridgehead atoms. The van der Waals surface area contributed by atoms with Crippen LogP contribution in [-0.2, 0) is 4.74 Å². The lowest BCUT2D eigenvalue weighted by Gasteiger charge is -2.25. The van der Waals surface area contributed by atoms with E-state index in [9.17, 15) is 0 Å². The number of morpholine rings is 1. The van der Waals surface area contributed by atoms with Crippen molar-refractivity contribution in [3.8, 4) is 0 Å². The Morgan fingerprint density at radius 3 is 1.58 bits per heavy atom. The first-order valence-electron chi connectivity index (χ1n) is 11.0. The molecule has 4 heteroatoms. The summed E-state index contributed by atoms with van der Waals surface area (Å²) in [4.78, 5) is 7.23. The van der Waals surface area contributed by atoms with Gasteiger partial charge < -0.3 is 14.5 Å². The number of nitrogens with zero attached hydrogens (tertiary/aromatic N) is 3. The van der Waals surface area contributed by atoms with Crippen molar-refractivity contribution in [2.75, 3.05) is 73.1 Å². The molecule has 0 unspecified atom stereocenters. The van der Waals surface area contributed by atoms with Gasteiger partial charge in [-0.3, -0.25) is 4.90 Å². The maximum absolute atomic E-state index is 5.20. The Morgan fingerprint density at radius 1 is 0.769 bits per heavy atom. The lowest BCUT2D eigenvalue weighted by molar-refractivity contribution is 0.0380. The lowest BCUT2D eigenvalue weighted by Crippen LogP contribution is -2.36. The number of likely N-dealkylation sites (tertiary alicyclic amines) is 1. The number of ether oxygens (including phenoxy) is 1. The molecule has 0 aromatic heterocycles. The minimum atomic E-state index is 0.448. The third-order valence-corrected chi connectivity index (χ3v) is 4.42. The Hall–Kier alpha value is -0.160. The summed E-state index contributed by atoms with van der Waals surface area (Å²) >= 11 is 0. The summed E-state index contributed by atoms with van der Waals surface area (Å²) in [6.07, 6.45) is 6.90. The fourth-order valence-corrected chi connectivity index (χ4v) is 3.59. The van der Waals surface area contributed by atoms with Gasteiger partial charge in [0.1, 0.15) is 0 Å². The van der Waals surface area contributed by atoms with Crippen molar-refractivity contribution in [2.45, 2.75) is 66.7 Å². The fourth-order valence-electron chi connectivity index (χ4n) is 3.59. The highest BCUT2D eigenvalue weighted by Gasteiger charge is 2.10. The minimum Gasteiger partial charge on any atom is -0.379 e. The smallest absolute Gasteiger partial charge is 0.0594 e. The van der Waals surface area contributed by atoms with Gasteiger partial charge in [-0.15, -0.1) is 0 Å². The molecule has 0 aromatic rings. The second-order valence-electron chi connectivity index (χ2n) is 9.15. The fraction of sp³-hybridized carbons (Fsp3) is 1.00. The van der Waals surface area contributed by atoms with E-state index in [0.717, 1.165) is 32.8 Å². The van der Waals surface area contributed by atoms with Crippen molar-refractivity contribution in [2.24, 2.45) is 5.41 Å². The summed E-state index contributed by atoms with van der Waals surface area (Å²) < 4.78 is 5.20. The van der Waals surface area contributed by atoms with E-state index < -0.39 is 0 Å². The van der Waals surface area contributed by atoms with Crippen molar-refractivity contribution in [3.05, 3.63) is 0 Å². The van der Waals surface area contributed by atoms with Crippen molar-refractivity contribution in [1.29, 1.82) is 0 Å². The van der Waals surface area contributed by atoms with Gasteiger partial charge in [-0.2, -0.15) is 0 Å². The molecular weight excluding hydrogens is 322 g/mol. The van der Waals surface area contributed by atoms with Crippen LogP contribution in [0, 0.1) is 5.41 Å². The van der Waals surface area contributed by atoms with Gasteiger partial charge in [0.25, 0.3) is 0 Å². The van der Waals surface area contributed by atoms with E-state index in [0.29, 0.717) is 5.41 Å². The van der Waals surface area contributed by atoms with E-state index in [1.165, 1.54) is 58.3 Å². The maximum Gasteiger partial charge on any atom is 0.0594 e. The zero-order chi connectivity index (χ0) is 19.8. The molecule has 4 nitrogen and oxygen atoms in total. The van der Waals surface area contributed by atoms with Crippen LogP contribution in [0.2, 0.25) is 0 Å². The number of rotatable bonds is 5. The summed E-state index contributed by atoms with van der Waals surface area (Å²) in [5.41, 5.74) is 0.448. The van der Waals surface area contributed by atoms with E-state index in [-0.39, 0.29) is 0 Å². The van der Waals surface area contributed by atoms with Crippen LogP contribution in [0.4, 0.5) is 0 Å². The molecule has 0 atom stereocenters. The molecule has 0 amide bonds. The quantitative estimate of drug-likeness (QED) is 0.721. The van der Waals surface area contributed by atoms with Gasteiger partial charge in [-0.1, -0.05) is 41.0 Å². The van der Waals surface area contributed by atoms with E-state index in [1.54, 1.807) is 0 Å². The molecule has 0 radical (unpaired) electrons. The first-order valence-corrected chi connectivity index (χ1v) is 11.0. The third-order valence-electron chi connectivity index (χ3n) is 4.42. The zero-order valence-electron chi connectivity index (χ0n) is 19.1. The zero-order valence-corrected chi connectivity index (χ0v) is 19.1. The highest BCUT2D eigenvalue weighted by atomic mass is 16.5. The predicted molar refractivity (Wildman–Crippen MR) is 116 cm³/mol. The average molecular weight is 372 g/mol. The molecule has 2 saturated heterocycles. The van der Waals surface area contributed by atoms with Crippen molar-refractivity contribution in [3.63, 3.8) is 0 Å². The van der Waals surface area contributed by atoms with Gasteiger partial charge in [-0.25, -0.2) is 0 Å². The molecule has 0 spiro atoms. The molecule has 2 fully saturated rings. The van der Waals surface area contributed by atoms with Gasteiger partial charge in [0.2, 0.25) is 0 Å². The summed E-state index contributed by atoms with van der Waals surface area (Å²) in [5.74, 6) is 0. The molecule has 0 saturated carbocycles. The Kier molecular flexibility index (Phi) is 15.8. The van der Waals surface area contributed by atoms with Crippen LogP contribution in [0.3, 0.4) is 0 Å². The van der Waals surface area contributed by atoms with Crippen molar-refractivity contribution >= 4 is 0 Å². The molecule has 0 aromatic carbocycles. The Bertz CT molecular complexity index is 265. The molecule has 2 heterocycles. The van der Waals surface area contributed by atoms with Crippen LogP contribution in [0.15, 0.2) is 0 Å². The van der Waals surface area contributed by atoms with Crippen LogP contribution < -0.4 is 0 Å². The van der Waals surface area contributed by atoms with Crippen LogP contribution in [0.5, 0.6) is 0 Å². The van der Waals surface area contributed by atoms with Crippen LogP contribution >= 0.6 is 0 Å². The summed E-state index contributed by atoms with van der Waals surface area (Å²) in [6.45, 7) is 21.8. The topological polar surface area (TPSA) is 19.0 Å². The lowest BCUT2D eigenvalue weighted by atomic mass is 9.97. The van der Waals surface area contributed by atoms with Gasteiger partial charge in [0.05, 0.1) is 13.2 Å². The summed E-state index contributed by atoms with van der Waals surface area (Å²) in [6, 6.07) is 0. The maximum atomic E-state index is 5.20. The molecule has 0 N–H and O–H groups in total. The van der Waals surface area contributed by atoms with Gasteiger partial charge in [-0.05, 0) is 71.4 Å². The monoisotopic (exact) mass is 371 g/mol. The summed E-state index contributed by atoms with van der Waals surface area (Å²) in [5, 5.41) is 0. The molecule has 2 aliphatic rings. The predicted octanol–water partition coefficient (Wildman–Crippen LogP) is 4.21. The van der Waals surface area contributed by atoms with Crippen LogP contribution in [0.1, 0.15) is 66.7 Å². The van der Waals surface area contributed by atoms with Gasteiger partial charge in [0.15, 0.2) is 0 Å². The molecule has 158 valence electrons. The standard InChI is InChI=1S/C8H17N.C7H15NO.C7H17N/c1-2-6-9-7-4-3-5-8-9;1-2-3-8-4-6-9-7-5-8;1-7(2,3)6-8(4)5/h2-8H2,1H3;2-7H2,1H3;6H2,1-5H3. The number of hydrogen-bond acceptors (Lipinski definition) is 4. The van der Waals surface area contributed by atoms with Crippen molar-refractivity contribution < 1.29 is 4.74 Å². The van der Waals surface area contributed by atoms with E-state index >= 15 is 0 Å². The Balaban J connectivity index is 0.000000362. The Morgan fingerprint density at radius 2 is 1.23 bits per heavy atom. The largest absolute Gasteiger partial charge is 0.379 e.